The van der Waals surface area contributed by atoms with Gasteiger partial charge in [-0.25, -0.2) is 0 Å². The Bertz CT molecular complexity index is 268. The molecule has 1 aromatic rings. The first-order valence-electron chi connectivity index (χ1n) is 4.22. The number of hydrogen-bond acceptors (Lipinski definition) is 3. The van der Waals surface area contributed by atoms with Crippen LogP contribution in [0.15, 0.2) is 11.4 Å². The summed E-state index contributed by atoms with van der Waals surface area (Å²) in [7, 11) is -1.29. The van der Waals surface area contributed by atoms with Gasteiger partial charge in [-0.05, 0) is 35.8 Å². The van der Waals surface area contributed by atoms with Crippen molar-refractivity contribution in [3.8, 4) is 0 Å². The van der Waals surface area contributed by atoms with Gasteiger partial charge in [0.1, 0.15) is 0 Å². The van der Waals surface area contributed by atoms with Crippen LogP contribution in [-0.4, -0.2) is 17.2 Å². The van der Waals surface area contributed by atoms with Crippen molar-refractivity contribution in [2.75, 3.05) is 0 Å². The molecule has 0 bridgehead atoms. The molecule has 0 atom stereocenters. The summed E-state index contributed by atoms with van der Waals surface area (Å²) in [6, 6.07) is 1.92. The molecule has 0 aromatic carbocycles. The van der Waals surface area contributed by atoms with Crippen LogP contribution in [0.5, 0.6) is 0 Å². The molecule has 2 rings (SSSR count). The highest BCUT2D eigenvalue weighted by Crippen LogP contribution is 2.36. The predicted molar refractivity (Wildman–Crippen MR) is 50.7 cm³/mol. The monoisotopic (exact) mass is 182 g/mol. The Balaban J connectivity index is 2.12. The first-order chi connectivity index (χ1) is 5.77. The highest BCUT2D eigenvalue weighted by molar-refractivity contribution is 7.20. The van der Waals surface area contributed by atoms with Crippen molar-refractivity contribution in [3.05, 3.63) is 17.0 Å². The van der Waals surface area contributed by atoms with E-state index in [2.05, 4.69) is 0 Å². The van der Waals surface area contributed by atoms with Gasteiger partial charge >= 0.3 is 7.12 Å². The third-order valence-corrected chi connectivity index (χ3v) is 3.46. The van der Waals surface area contributed by atoms with Crippen LogP contribution in [0.2, 0.25) is 0 Å². The van der Waals surface area contributed by atoms with Gasteiger partial charge in [-0.1, -0.05) is 6.42 Å². The Morgan fingerprint density at radius 1 is 1.42 bits per heavy atom. The number of rotatable bonds is 2. The van der Waals surface area contributed by atoms with Crippen molar-refractivity contribution in [1.82, 2.24) is 0 Å². The van der Waals surface area contributed by atoms with E-state index in [9.17, 15) is 0 Å². The molecule has 0 saturated heterocycles. The van der Waals surface area contributed by atoms with Crippen LogP contribution in [0.1, 0.15) is 30.7 Å². The molecule has 2 nitrogen and oxygen atoms in total. The molecular formula is C8H11BO2S. The molecule has 2 N–H and O–H groups in total. The standard InChI is InChI=1S/C8H11BO2S/c10-9(11)8-4-7(5-12-8)6-2-1-3-6/h4-6,10-11H,1-3H2. The number of thiophene rings is 1. The Hall–Kier alpha value is -0.315. The van der Waals surface area contributed by atoms with Gasteiger partial charge in [0.25, 0.3) is 0 Å². The lowest BCUT2D eigenvalue weighted by molar-refractivity contribution is 0.419. The summed E-state index contributed by atoms with van der Waals surface area (Å²) in [4.78, 5) is 0. The molecule has 0 aliphatic heterocycles. The summed E-state index contributed by atoms with van der Waals surface area (Å²) in [6.45, 7) is 0. The Morgan fingerprint density at radius 3 is 2.58 bits per heavy atom. The van der Waals surface area contributed by atoms with E-state index in [1.54, 1.807) is 0 Å². The molecule has 1 heterocycles. The molecule has 1 fully saturated rings. The smallest absolute Gasteiger partial charge is 0.423 e. The molecule has 64 valence electrons. The van der Waals surface area contributed by atoms with E-state index < -0.39 is 7.12 Å². The summed E-state index contributed by atoms with van der Waals surface area (Å²) in [6.07, 6.45) is 3.84. The summed E-state index contributed by atoms with van der Waals surface area (Å²) < 4.78 is 0.664. The summed E-state index contributed by atoms with van der Waals surface area (Å²) in [5.74, 6) is 0.689. The van der Waals surface area contributed by atoms with E-state index in [0.29, 0.717) is 10.7 Å². The van der Waals surface area contributed by atoms with Crippen molar-refractivity contribution in [1.29, 1.82) is 0 Å². The second-order valence-electron chi connectivity index (χ2n) is 3.28. The second-order valence-corrected chi connectivity index (χ2v) is 4.23. The minimum Gasteiger partial charge on any atom is -0.423 e. The molecule has 12 heavy (non-hydrogen) atoms. The molecule has 1 aliphatic carbocycles. The lowest BCUT2D eigenvalue weighted by atomic mass is 9.79. The van der Waals surface area contributed by atoms with Gasteiger partial charge in [0.15, 0.2) is 0 Å². The zero-order chi connectivity index (χ0) is 8.55. The minimum atomic E-state index is -1.29. The molecule has 4 heteroatoms. The zero-order valence-corrected chi connectivity index (χ0v) is 7.55. The minimum absolute atomic E-state index is 0.664. The average Bonchev–Trinajstić information content (AvgIpc) is 2.32. The lowest BCUT2D eigenvalue weighted by Gasteiger charge is -2.24. The van der Waals surface area contributed by atoms with Crippen LogP contribution in [0.3, 0.4) is 0 Å². The Morgan fingerprint density at radius 2 is 2.17 bits per heavy atom. The van der Waals surface area contributed by atoms with E-state index >= 15 is 0 Å². The maximum atomic E-state index is 8.88. The zero-order valence-electron chi connectivity index (χ0n) is 6.73. The molecule has 1 saturated carbocycles. The van der Waals surface area contributed by atoms with Crippen LogP contribution in [-0.2, 0) is 0 Å². The van der Waals surface area contributed by atoms with Gasteiger partial charge in [0.05, 0.1) is 0 Å². The third-order valence-electron chi connectivity index (χ3n) is 2.47. The van der Waals surface area contributed by atoms with Crippen LogP contribution >= 0.6 is 11.3 Å². The lowest BCUT2D eigenvalue weighted by Crippen LogP contribution is -2.26. The Labute approximate surface area is 76.0 Å². The van der Waals surface area contributed by atoms with Gasteiger partial charge < -0.3 is 10.0 Å². The van der Waals surface area contributed by atoms with Crippen LogP contribution in [0, 0.1) is 0 Å². The third kappa shape index (κ3) is 1.42. The number of hydrogen-bond donors (Lipinski definition) is 2. The fraction of sp³-hybridized carbons (Fsp3) is 0.500. The van der Waals surface area contributed by atoms with E-state index in [-0.39, 0.29) is 0 Å². The fourth-order valence-electron chi connectivity index (χ4n) is 1.46. The molecule has 0 amide bonds. The summed E-state index contributed by atoms with van der Waals surface area (Å²) in [5.41, 5.74) is 1.29. The van der Waals surface area contributed by atoms with Gasteiger partial charge in [-0.3, -0.25) is 0 Å². The van der Waals surface area contributed by atoms with E-state index in [0.717, 1.165) is 0 Å². The largest absolute Gasteiger partial charge is 0.499 e. The highest BCUT2D eigenvalue weighted by atomic mass is 32.1. The van der Waals surface area contributed by atoms with E-state index in [4.69, 9.17) is 10.0 Å². The maximum Gasteiger partial charge on any atom is 0.499 e. The summed E-state index contributed by atoms with van der Waals surface area (Å²) >= 11 is 1.44. The van der Waals surface area contributed by atoms with Crippen molar-refractivity contribution >= 4 is 23.2 Å². The average molecular weight is 182 g/mol. The molecule has 1 aromatic heterocycles. The van der Waals surface area contributed by atoms with Crippen LogP contribution in [0.25, 0.3) is 0 Å². The molecule has 0 spiro atoms. The Kier molecular flexibility index (Phi) is 2.21. The van der Waals surface area contributed by atoms with Crippen molar-refractivity contribution < 1.29 is 10.0 Å². The predicted octanol–water partition coefficient (Wildman–Crippen LogP) is 0.695. The van der Waals surface area contributed by atoms with Gasteiger partial charge in [-0.15, -0.1) is 0 Å². The van der Waals surface area contributed by atoms with Gasteiger partial charge in [0.2, 0.25) is 0 Å². The van der Waals surface area contributed by atoms with E-state index in [1.807, 2.05) is 11.4 Å². The maximum absolute atomic E-state index is 8.88. The van der Waals surface area contributed by atoms with Crippen LogP contribution < -0.4 is 4.78 Å². The molecular weight excluding hydrogens is 171 g/mol. The molecule has 0 radical (unpaired) electrons. The normalized spacial score (nSPS) is 17.5. The first kappa shape index (κ1) is 8.29. The van der Waals surface area contributed by atoms with Crippen LogP contribution in [0.4, 0.5) is 0 Å². The quantitative estimate of drug-likeness (QED) is 0.660. The molecule has 0 unspecified atom stereocenters. The highest BCUT2D eigenvalue weighted by Gasteiger charge is 2.22. The second kappa shape index (κ2) is 3.20. The topological polar surface area (TPSA) is 40.5 Å². The van der Waals surface area contributed by atoms with Crippen molar-refractivity contribution in [3.63, 3.8) is 0 Å². The van der Waals surface area contributed by atoms with Crippen molar-refractivity contribution in [2.24, 2.45) is 0 Å². The van der Waals surface area contributed by atoms with Gasteiger partial charge in [0, 0.05) is 4.78 Å². The van der Waals surface area contributed by atoms with E-state index in [1.165, 1.54) is 36.2 Å². The van der Waals surface area contributed by atoms with Crippen molar-refractivity contribution in [2.45, 2.75) is 25.2 Å². The fourth-order valence-corrected chi connectivity index (χ4v) is 2.32. The summed E-state index contributed by atoms with van der Waals surface area (Å²) in [5, 5.41) is 19.8. The molecule has 1 aliphatic rings. The first-order valence-corrected chi connectivity index (χ1v) is 5.10. The van der Waals surface area contributed by atoms with Gasteiger partial charge in [-0.2, -0.15) is 11.3 Å². The SMILES string of the molecule is OB(O)c1cc(C2CCC2)cs1.